The number of carbonyl (C=O) groups excluding carboxylic acids is 1. The van der Waals surface area contributed by atoms with E-state index in [1.165, 1.54) is 35.3 Å². The molecule has 0 saturated carbocycles. The molecule has 0 saturated heterocycles. The molecule has 126 valence electrons. The number of fused-ring (bicyclic) bond motifs is 1. The van der Waals surface area contributed by atoms with E-state index in [4.69, 9.17) is 0 Å². The molecule has 0 aliphatic carbocycles. The van der Waals surface area contributed by atoms with Gasteiger partial charge in [0.15, 0.2) is 0 Å². The van der Waals surface area contributed by atoms with E-state index < -0.39 is 16.0 Å². The highest BCUT2D eigenvalue weighted by atomic mass is 32.2. The third kappa shape index (κ3) is 2.81. The van der Waals surface area contributed by atoms with E-state index in [1.54, 1.807) is 0 Å². The van der Waals surface area contributed by atoms with Crippen molar-refractivity contribution in [1.82, 2.24) is 9.29 Å². The minimum absolute atomic E-state index is 0.0707. The molecule has 0 bridgehead atoms. The number of nitrogens with zero attached hydrogens (tertiary/aromatic N) is 2. The smallest absolute Gasteiger partial charge is 0.356 e. The maximum absolute atomic E-state index is 12.9. The van der Waals surface area contributed by atoms with Gasteiger partial charge in [0.2, 0.25) is 10.0 Å². The largest absolute Gasteiger partial charge is 0.464 e. The Bertz CT molecular complexity index is 862. The Morgan fingerprint density at radius 3 is 2.67 bits per heavy atom. The summed E-state index contributed by atoms with van der Waals surface area (Å²) < 4.78 is 31.9. The zero-order chi connectivity index (χ0) is 17.3. The molecule has 1 aromatic carbocycles. The van der Waals surface area contributed by atoms with Crippen LogP contribution in [0.5, 0.6) is 0 Å². The summed E-state index contributed by atoms with van der Waals surface area (Å²) in [7, 11) is -2.43. The highest BCUT2D eigenvalue weighted by Crippen LogP contribution is 2.33. The van der Waals surface area contributed by atoms with Crippen molar-refractivity contribution < 1.29 is 17.9 Å². The van der Waals surface area contributed by atoms with Crippen molar-refractivity contribution in [2.24, 2.45) is 0 Å². The number of carbonyl (C=O) groups is 1. The van der Waals surface area contributed by atoms with Crippen molar-refractivity contribution in [3.63, 3.8) is 0 Å². The molecule has 1 aliphatic heterocycles. The fourth-order valence-corrected chi connectivity index (χ4v) is 4.53. The van der Waals surface area contributed by atoms with Crippen LogP contribution in [-0.4, -0.2) is 37.3 Å². The molecule has 1 aliphatic rings. The maximum Gasteiger partial charge on any atom is 0.356 e. The second kappa shape index (κ2) is 6.33. The Hall–Kier alpha value is -2.25. The summed E-state index contributed by atoms with van der Waals surface area (Å²) in [5.41, 5.74) is 2.27. The fourth-order valence-electron chi connectivity index (χ4n) is 2.97. The van der Waals surface area contributed by atoms with Crippen molar-refractivity contribution in [3.05, 3.63) is 59.4 Å². The normalized spacial score (nSPS) is 18.0. The topological polar surface area (TPSA) is 76.6 Å². The zero-order valence-corrected chi connectivity index (χ0v) is 14.3. The zero-order valence-electron chi connectivity index (χ0n) is 13.5. The van der Waals surface area contributed by atoms with Gasteiger partial charge < -0.3 is 4.74 Å². The molecule has 7 heteroatoms. The number of esters is 1. The van der Waals surface area contributed by atoms with Gasteiger partial charge in [-0.2, -0.15) is 4.31 Å². The fraction of sp³-hybridized carbons (Fsp3) is 0.294. The monoisotopic (exact) mass is 346 g/mol. The molecule has 0 radical (unpaired) electrons. The Balaban J connectivity index is 1.92. The molecule has 0 spiro atoms. The predicted octanol–water partition coefficient (Wildman–Crippen LogP) is 2.18. The average Bonchev–Trinajstić information content (AvgIpc) is 2.61. The molecule has 0 fully saturated rings. The molecular formula is C17H18N2O4S. The van der Waals surface area contributed by atoms with Gasteiger partial charge in [-0.05, 0) is 36.6 Å². The van der Waals surface area contributed by atoms with Crippen LogP contribution in [0.3, 0.4) is 0 Å². The predicted molar refractivity (Wildman–Crippen MR) is 88.0 cm³/mol. The van der Waals surface area contributed by atoms with Crippen LogP contribution in [0.1, 0.15) is 34.6 Å². The summed E-state index contributed by atoms with van der Waals surface area (Å²) in [4.78, 5) is 15.4. The first-order valence-corrected chi connectivity index (χ1v) is 9.03. The van der Waals surface area contributed by atoms with E-state index in [0.717, 1.165) is 5.56 Å². The molecule has 3 rings (SSSR count). The highest BCUT2D eigenvalue weighted by Gasteiger charge is 2.33. The highest BCUT2D eigenvalue weighted by molar-refractivity contribution is 7.89. The second-order valence-corrected chi connectivity index (χ2v) is 7.50. The van der Waals surface area contributed by atoms with Crippen LogP contribution < -0.4 is 0 Å². The summed E-state index contributed by atoms with van der Waals surface area (Å²) in [6, 6.07) is 10.4. The van der Waals surface area contributed by atoms with Gasteiger partial charge in [0, 0.05) is 18.8 Å². The van der Waals surface area contributed by atoms with E-state index in [-0.39, 0.29) is 16.6 Å². The molecule has 0 amide bonds. The van der Waals surface area contributed by atoms with E-state index in [0.29, 0.717) is 13.0 Å². The molecule has 6 nitrogen and oxygen atoms in total. The summed E-state index contributed by atoms with van der Waals surface area (Å²) >= 11 is 0. The maximum atomic E-state index is 12.9. The number of hydrogen-bond donors (Lipinski definition) is 0. The van der Waals surface area contributed by atoms with Gasteiger partial charge in [-0.15, -0.1) is 0 Å². The van der Waals surface area contributed by atoms with E-state index >= 15 is 0 Å². The number of ether oxygens (including phenoxy) is 1. The SMILES string of the molecule is COC(=O)c1ccc(S(=O)(=O)N2CCc3ccccc3C2C)cn1. The van der Waals surface area contributed by atoms with Gasteiger partial charge in [0.1, 0.15) is 10.6 Å². The van der Waals surface area contributed by atoms with Crippen LogP contribution >= 0.6 is 0 Å². The van der Waals surface area contributed by atoms with E-state index in [2.05, 4.69) is 9.72 Å². The van der Waals surface area contributed by atoms with Gasteiger partial charge in [0.05, 0.1) is 7.11 Å². The van der Waals surface area contributed by atoms with Crippen LogP contribution in [0.15, 0.2) is 47.5 Å². The molecule has 1 aromatic heterocycles. The Morgan fingerprint density at radius 1 is 1.25 bits per heavy atom. The number of sulfonamides is 1. The second-order valence-electron chi connectivity index (χ2n) is 5.61. The van der Waals surface area contributed by atoms with Crippen molar-refractivity contribution >= 4 is 16.0 Å². The number of rotatable bonds is 3. The molecule has 1 atom stereocenters. The van der Waals surface area contributed by atoms with Crippen LogP contribution in [0, 0.1) is 0 Å². The first-order valence-electron chi connectivity index (χ1n) is 7.59. The molecular weight excluding hydrogens is 328 g/mol. The van der Waals surface area contributed by atoms with Crippen LogP contribution in [0.2, 0.25) is 0 Å². The van der Waals surface area contributed by atoms with Gasteiger partial charge in [-0.3, -0.25) is 0 Å². The third-order valence-corrected chi connectivity index (χ3v) is 6.23. The molecule has 0 N–H and O–H groups in total. The minimum atomic E-state index is -3.68. The van der Waals surface area contributed by atoms with Crippen LogP contribution in [0.4, 0.5) is 0 Å². The number of benzene rings is 1. The summed E-state index contributed by atoms with van der Waals surface area (Å²) in [6.45, 7) is 2.30. The number of pyridine rings is 1. The first kappa shape index (κ1) is 16.6. The lowest BCUT2D eigenvalue weighted by atomic mass is 9.96. The Morgan fingerprint density at radius 2 is 2.00 bits per heavy atom. The summed E-state index contributed by atoms with van der Waals surface area (Å²) in [5.74, 6) is -0.598. The van der Waals surface area contributed by atoms with Crippen molar-refractivity contribution in [3.8, 4) is 0 Å². The lowest BCUT2D eigenvalue weighted by Gasteiger charge is -2.34. The lowest BCUT2D eigenvalue weighted by molar-refractivity contribution is 0.0594. The van der Waals surface area contributed by atoms with Crippen LogP contribution in [0.25, 0.3) is 0 Å². The molecule has 24 heavy (non-hydrogen) atoms. The number of methoxy groups -OCH3 is 1. The first-order chi connectivity index (χ1) is 11.4. The van der Waals surface area contributed by atoms with Crippen LogP contribution in [-0.2, 0) is 21.2 Å². The minimum Gasteiger partial charge on any atom is -0.464 e. The Kier molecular flexibility index (Phi) is 4.38. The van der Waals surface area contributed by atoms with Gasteiger partial charge >= 0.3 is 5.97 Å². The summed E-state index contributed by atoms with van der Waals surface area (Å²) in [6.07, 6.45) is 1.88. The third-order valence-electron chi connectivity index (χ3n) is 4.28. The molecule has 1 unspecified atom stereocenters. The Labute approximate surface area is 141 Å². The molecule has 2 heterocycles. The van der Waals surface area contributed by atoms with Crippen molar-refractivity contribution in [1.29, 1.82) is 0 Å². The molecule has 2 aromatic rings. The van der Waals surface area contributed by atoms with Gasteiger partial charge in [0.25, 0.3) is 0 Å². The van der Waals surface area contributed by atoms with Crippen molar-refractivity contribution in [2.75, 3.05) is 13.7 Å². The number of hydrogen-bond acceptors (Lipinski definition) is 5. The average molecular weight is 346 g/mol. The number of aromatic nitrogens is 1. The summed E-state index contributed by atoms with van der Waals surface area (Å²) in [5, 5.41) is 0. The van der Waals surface area contributed by atoms with Crippen molar-refractivity contribution in [2.45, 2.75) is 24.3 Å². The van der Waals surface area contributed by atoms with Gasteiger partial charge in [-0.1, -0.05) is 24.3 Å². The van der Waals surface area contributed by atoms with Gasteiger partial charge in [-0.25, -0.2) is 18.2 Å². The standard InChI is InChI=1S/C17H18N2O4S/c1-12-15-6-4-3-5-13(15)9-10-19(12)24(21,22)14-7-8-16(18-11-14)17(20)23-2/h3-8,11-12H,9-10H2,1-2H3. The van der Waals surface area contributed by atoms with E-state index in [1.807, 2.05) is 31.2 Å². The quantitative estimate of drug-likeness (QED) is 0.796. The lowest BCUT2D eigenvalue weighted by Crippen LogP contribution is -2.38. The van der Waals surface area contributed by atoms with E-state index in [9.17, 15) is 13.2 Å².